The van der Waals surface area contributed by atoms with E-state index in [1.807, 2.05) is 25.1 Å². The Bertz CT molecular complexity index is 394. The molecule has 3 nitrogen and oxygen atoms in total. The van der Waals surface area contributed by atoms with E-state index in [0.29, 0.717) is 12.6 Å². The van der Waals surface area contributed by atoms with Gasteiger partial charge in [0.2, 0.25) is 0 Å². The van der Waals surface area contributed by atoms with Crippen molar-refractivity contribution in [2.24, 2.45) is 5.73 Å². The maximum atomic E-state index is 6.40. The number of likely N-dealkylation sites (tertiary alicyclic amines) is 1. The molecule has 1 fully saturated rings. The smallest absolute Gasteiger partial charge is 0.124 e. The van der Waals surface area contributed by atoms with E-state index in [1.165, 1.54) is 25.8 Å². The fourth-order valence-corrected chi connectivity index (χ4v) is 3.02. The van der Waals surface area contributed by atoms with Crippen molar-refractivity contribution < 1.29 is 4.74 Å². The Hall–Kier alpha value is -1.06. The fourth-order valence-electron chi connectivity index (χ4n) is 3.02. The van der Waals surface area contributed by atoms with Gasteiger partial charge in [0.05, 0.1) is 6.61 Å². The van der Waals surface area contributed by atoms with Crippen molar-refractivity contribution >= 4 is 0 Å². The lowest BCUT2D eigenvalue weighted by molar-refractivity contribution is 0.231. The minimum Gasteiger partial charge on any atom is -0.494 e. The molecule has 0 radical (unpaired) electrons. The summed E-state index contributed by atoms with van der Waals surface area (Å²) in [5, 5.41) is 0. The molecule has 3 heteroatoms. The monoisotopic (exact) mass is 262 g/mol. The molecule has 0 bridgehead atoms. The van der Waals surface area contributed by atoms with Crippen molar-refractivity contribution in [3.8, 4) is 5.75 Å². The lowest BCUT2D eigenvalue weighted by atomic mass is 10.1. The second-order valence-electron chi connectivity index (χ2n) is 5.28. The highest BCUT2D eigenvalue weighted by Crippen LogP contribution is 2.27. The molecule has 1 aliphatic heterocycles. The van der Waals surface area contributed by atoms with E-state index in [0.717, 1.165) is 17.9 Å². The summed E-state index contributed by atoms with van der Waals surface area (Å²) in [4.78, 5) is 2.54. The Labute approximate surface area is 116 Å². The van der Waals surface area contributed by atoms with Crippen molar-refractivity contribution in [2.45, 2.75) is 45.2 Å². The molecular formula is C16H26N2O. The van der Waals surface area contributed by atoms with Crippen molar-refractivity contribution in [2.75, 3.05) is 19.7 Å². The quantitative estimate of drug-likeness (QED) is 0.856. The number of hydrogen-bond donors (Lipinski definition) is 1. The second kappa shape index (κ2) is 6.92. The van der Waals surface area contributed by atoms with Gasteiger partial charge in [-0.3, -0.25) is 4.90 Å². The molecule has 0 amide bonds. The summed E-state index contributed by atoms with van der Waals surface area (Å²) in [5.74, 6) is 0.935. The number of rotatable bonds is 6. The van der Waals surface area contributed by atoms with Crippen LogP contribution in [0.2, 0.25) is 0 Å². The van der Waals surface area contributed by atoms with E-state index in [1.54, 1.807) is 0 Å². The van der Waals surface area contributed by atoms with E-state index < -0.39 is 0 Å². The zero-order valence-corrected chi connectivity index (χ0v) is 12.1. The molecule has 2 rings (SSSR count). The first kappa shape index (κ1) is 14.4. The molecule has 1 aromatic rings. The Morgan fingerprint density at radius 3 is 2.89 bits per heavy atom. The number of nitrogens with two attached hydrogens (primary N) is 1. The maximum absolute atomic E-state index is 6.40. The summed E-state index contributed by atoms with van der Waals surface area (Å²) in [7, 11) is 0. The van der Waals surface area contributed by atoms with Crippen LogP contribution >= 0.6 is 0 Å². The lowest BCUT2D eigenvalue weighted by Gasteiger charge is -2.27. The van der Waals surface area contributed by atoms with E-state index in [9.17, 15) is 0 Å². The van der Waals surface area contributed by atoms with Crippen LogP contribution in [0.1, 0.15) is 44.7 Å². The van der Waals surface area contributed by atoms with Gasteiger partial charge in [-0.15, -0.1) is 0 Å². The van der Waals surface area contributed by atoms with Crippen LogP contribution < -0.4 is 10.5 Å². The molecule has 2 N–H and O–H groups in total. The molecule has 1 aliphatic rings. The van der Waals surface area contributed by atoms with E-state index in [4.69, 9.17) is 10.5 Å². The van der Waals surface area contributed by atoms with Gasteiger partial charge in [0, 0.05) is 24.2 Å². The predicted octanol–water partition coefficient (Wildman–Crippen LogP) is 2.96. The topological polar surface area (TPSA) is 38.5 Å². The minimum absolute atomic E-state index is 0.0369. The van der Waals surface area contributed by atoms with Gasteiger partial charge in [-0.25, -0.2) is 0 Å². The van der Waals surface area contributed by atoms with Crippen LogP contribution in [0.15, 0.2) is 24.3 Å². The standard InChI is InChI=1S/C16H26N2O/c1-3-13-8-7-11-18(13)12-15(17)14-9-5-6-10-16(14)19-4-2/h5-6,9-10,13,15H,3-4,7-8,11-12,17H2,1-2H3. The summed E-state index contributed by atoms with van der Waals surface area (Å²) < 4.78 is 5.68. The third kappa shape index (κ3) is 3.48. The van der Waals surface area contributed by atoms with Crippen molar-refractivity contribution in [3.63, 3.8) is 0 Å². The van der Waals surface area contributed by atoms with Gasteiger partial charge in [0.15, 0.2) is 0 Å². The molecule has 1 heterocycles. The van der Waals surface area contributed by atoms with Gasteiger partial charge in [-0.05, 0) is 38.8 Å². The van der Waals surface area contributed by atoms with Crippen molar-refractivity contribution in [3.05, 3.63) is 29.8 Å². The zero-order chi connectivity index (χ0) is 13.7. The van der Waals surface area contributed by atoms with Crippen LogP contribution in [0, 0.1) is 0 Å². The van der Waals surface area contributed by atoms with Gasteiger partial charge in [-0.1, -0.05) is 25.1 Å². The summed E-state index contributed by atoms with van der Waals surface area (Å²) in [6.07, 6.45) is 3.84. The molecule has 0 saturated carbocycles. The lowest BCUT2D eigenvalue weighted by Crippen LogP contribution is -2.35. The molecule has 0 aromatic heterocycles. The Morgan fingerprint density at radius 2 is 2.16 bits per heavy atom. The van der Waals surface area contributed by atoms with Gasteiger partial charge in [0.1, 0.15) is 5.75 Å². The molecule has 19 heavy (non-hydrogen) atoms. The summed E-state index contributed by atoms with van der Waals surface area (Å²) >= 11 is 0. The van der Waals surface area contributed by atoms with E-state index >= 15 is 0 Å². The highest BCUT2D eigenvalue weighted by Gasteiger charge is 2.25. The first-order chi connectivity index (χ1) is 9.26. The molecule has 1 aromatic carbocycles. The fraction of sp³-hybridized carbons (Fsp3) is 0.625. The number of hydrogen-bond acceptors (Lipinski definition) is 3. The molecule has 1 saturated heterocycles. The number of ether oxygens (including phenoxy) is 1. The maximum Gasteiger partial charge on any atom is 0.124 e. The molecular weight excluding hydrogens is 236 g/mol. The third-order valence-electron chi connectivity index (χ3n) is 4.02. The van der Waals surface area contributed by atoms with Crippen LogP contribution in [0.3, 0.4) is 0 Å². The highest BCUT2D eigenvalue weighted by atomic mass is 16.5. The van der Waals surface area contributed by atoms with Gasteiger partial charge in [-0.2, -0.15) is 0 Å². The van der Waals surface area contributed by atoms with Crippen LogP contribution in [0.4, 0.5) is 0 Å². The number of para-hydroxylation sites is 1. The van der Waals surface area contributed by atoms with E-state index in [2.05, 4.69) is 17.9 Å². The number of nitrogens with zero attached hydrogens (tertiary/aromatic N) is 1. The van der Waals surface area contributed by atoms with Crippen LogP contribution in [-0.4, -0.2) is 30.6 Å². The molecule has 0 spiro atoms. The zero-order valence-electron chi connectivity index (χ0n) is 12.1. The van der Waals surface area contributed by atoms with Gasteiger partial charge in [0.25, 0.3) is 0 Å². The molecule has 2 atom stereocenters. The Balaban J connectivity index is 2.05. The summed E-state index contributed by atoms with van der Waals surface area (Å²) in [6, 6.07) is 8.90. The van der Waals surface area contributed by atoms with E-state index in [-0.39, 0.29) is 6.04 Å². The van der Waals surface area contributed by atoms with Crippen molar-refractivity contribution in [1.29, 1.82) is 0 Å². The highest BCUT2D eigenvalue weighted by molar-refractivity contribution is 5.36. The summed E-state index contributed by atoms with van der Waals surface area (Å²) in [6.45, 7) is 7.08. The van der Waals surface area contributed by atoms with Gasteiger partial charge >= 0.3 is 0 Å². The average Bonchev–Trinajstić information content (AvgIpc) is 2.87. The SMILES string of the molecule is CCOc1ccccc1C(N)CN1CCCC1CC. The number of benzene rings is 1. The van der Waals surface area contributed by atoms with Crippen LogP contribution in [0.5, 0.6) is 5.75 Å². The van der Waals surface area contributed by atoms with Crippen LogP contribution in [-0.2, 0) is 0 Å². The first-order valence-electron chi connectivity index (χ1n) is 7.47. The molecule has 106 valence electrons. The van der Waals surface area contributed by atoms with Crippen LogP contribution in [0.25, 0.3) is 0 Å². The second-order valence-corrected chi connectivity index (χ2v) is 5.28. The predicted molar refractivity (Wildman–Crippen MR) is 79.4 cm³/mol. The van der Waals surface area contributed by atoms with Crippen molar-refractivity contribution in [1.82, 2.24) is 4.90 Å². The third-order valence-corrected chi connectivity index (χ3v) is 4.02. The minimum atomic E-state index is 0.0369. The Kier molecular flexibility index (Phi) is 5.23. The van der Waals surface area contributed by atoms with Gasteiger partial charge < -0.3 is 10.5 Å². The average molecular weight is 262 g/mol. The Morgan fingerprint density at radius 1 is 1.37 bits per heavy atom. The molecule has 2 unspecified atom stereocenters. The largest absolute Gasteiger partial charge is 0.494 e. The summed E-state index contributed by atoms with van der Waals surface area (Å²) in [5.41, 5.74) is 7.53. The normalized spacial score (nSPS) is 21.5. The molecule has 0 aliphatic carbocycles. The first-order valence-corrected chi connectivity index (χ1v) is 7.47.